The molecule has 2 aliphatic heterocycles. The summed E-state index contributed by atoms with van der Waals surface area (Å²) in [5.74, 6) is 0.596. The van der Waals surface area contributed by atoms with Crippen molar-refractivity contribution in [3.05, 3.63) is 88.6 Å². The molecule has 1 amide bonds. The van der Waals surface area contributed by atoms with Gasteiger partial charge in [-0.3, -0.25) is 10.2 Å². The Kier molecular flexibility index (Phi) is 5.05. The first-order chi connectivity index (χ1) is 15.1. The van der Waals surface area contributed by atoms with Crippen molar-refractivity contribution < 1.29 is 9.21 Å². The molecule has 152 valence electrons. The predicted octanol–water partition coefficient (Wildman–Crippen LogP) is 5.46. The zero-order valence-electron chi connectivity index (χ0n) is 16.1. The van der Waals surface area contributed by atoms with Crippen LogP contribution >= 0.6 is 23.4 Å². The molecule has 2 aromatic carbocycles. The Morgan fingerprint density at radius 3 is 2.61 bits per heavy atom. The molecule has 31 heavy (non-hydrogen) atoms. The molecule has 1 N–H and O–H groups in total. The van der Waals surface area contributed by atoms with E-state index in [0.29, 0.717) is 28.1 Å². The number of nitrogens with zero attached hydrogens (tertiary/aromatic N) is 3. The summed E-state index contributed by atoms with van der Waals surface area (Å²) in [4.78, 5) is 16.7. The molecule has 0 saturated heterocycles. The molecule has 0 atom stereocenters. The number of amidine groups is 2. The molecule has 6 nitrogen and oxygen atoms in total. The molecule has 0 radical (unpaired) electrons. The number of furan rings is 1. The normalized spacial score (nSPS) is 17.1. The average molecular weight is 447 g/mol. The molecule has 0 fully saturated rings. The second-order valence-electron chi connectivity index (χ2n) is 6.89. The maximum Gasteiger partial charge on any atom is 0.283 e. The molecule has 8 heteroatoms. The van der Waals surface area contributed by atoms with Crippen molar-refractivity contribution >= 4 is 51.4 Å². The van der Waals surface area contributed by atoms with E-state index in [-0.39, 0.29) is 11.4 Å². The standard InChI is InChI=1S/C23H15ClN4O2S/c24-16-8-6-15(7-9-16)19-11-10-17(30-19)13-18-21(25)28-23(26-22(18)29)31-20(27-28)12-14-4-2-1-3-5-14/h1-11,13,25H,12H2. The number of nitrogens with one attached hydrogen (secondary N) is 1. The zero-order chi connectivity index (χ0) is 21.4. The summed E-state index contributed by atoms with van der Waals surface area (Å²) in [6.07, 6.45) is 2.14. The minimum absolute atomic E-state index is 0.0185. The first-order valence-electron chi connectivity index (χ1n) is 9.45. The number of hydrogen-bond acceptors (Lipinski definition) is 5. The molecule has 0 bridgehead atoms. The second kappa shape index (κ2) is 8.02. The summed E-state index contributed by atoms with van der Waals surface area (Å²) in [7, 11) is 0. The molecule has 3 aromatic rings. The van der Waals surface area contributed by atoms with Gasteiger partial charge in [-0.05, 0) is 59.8 Å². The summed E-state index contributed by atoms with van der Waals surface area (Å²) in [6.45, 7) is 0. The number of carbonyl (C=O) groups excluding carboxylic acids is 1. The number of fused-ring (bicyclic) bond motifs is 1. The molecule has 0 spiro atoms. The summed E-state index contributed by atoms with van der Waals surface area (Å²) >= 11 is 7.25. The van der Waals surface area contributed by atoms with Crippen LogP contribution in [0, 0.1) is 5.41 Å². The van der Waals surface area contributed by atoms with Crippen molar-refractivity contribution in [1.82, 2.24) is 5.01 Å². The third-order valence-corrected chi connectivity index (χ3v) is 5.90. The topological polar surface area (TPSA) is 82.0 Å². The van der Waals surface area contributed by atoms with Gasteiger partial charge < -0.3 is 4.42 Å². The third-order valence-electron chi connectivity index (χ3n) is 4.74. The Balaban J connectivity index is 1.39. The number of rotatable bonds is 4. The number of hydrogen-bond donors (Lipinski definition) is 1. The van der Waals surface area contributed by atoms with Gasteiger partial charge in [-0.25, -0.2) is 0 Å². The Labute approximate surface area is 187 Å². The van der Waals surface area contributed by atoms with Crippen LogP contribution in [0.5, 0.6) is 0 Å². The summed E-state index contributed by atoms with van der Waals surface area (Å²) in [5, 5.41) is 16.2. The zero-order valence-corrected chi connectivity index (χ0v) is 17.7. The number of amides is 1. The van der Waals surface area contributed by atoms with Gasteiger partial charge in [0.1, 0.15) is 16.6 Å². The first-order valence-corrected chi connectivity index (χ1v) is 10.6. The second-order valence-corrected chi connectivity index (χ2v) is 8.36. The summed E-state index contributed by atoms with van der Waals surface area (Å²) in [6, 6.07) is 20.7. The number of benzene rings is 2. The van der Waals surface area contributed by atoms with E-state index in [1.54, 1.807) is 18.2 Å². The van der Waals surface area contributed by atoms with Gasteiger partial charge in [0.25, 0.3) is 5.91 Å². The van der Waals surface area contributed by atoms with E-state index in [1.165, 1.54) is 22.8 Å². The van der Waals surface area contributed by atoms with Crippen LogP contribution in [-0.4, -0.2) is 27.0 Å². The van der Waals surface area contributed by atoms with E-state index in [2.05, 4.69) is 10.1 Å². The molecule has 3 heterocycles. The van der Waals surface area contributed by atoms with Crippen LogP contribution in [0.25, 0.3) is 17.4 Å². The number of carbonyl (C=O) groups is 1. The Morgan fingerprint density at radius 2 is 1.84 bits per heavy atom. The van der Waals surface area contributed by atoms with E-state index >= 15 is 0 Å². The first kappa shape index (κ1) is 19.5. The van der Waals surface area contributed by atoms with Crippen molar-refractivity contribution in [2.75, 3.05) is 0 Å². The van der Waals surface area contributed by atoms with Crippen LogP contribution in [0.2, 0.25) is 5.02 Å². The van der Waals surface area contributed by atoms with E-state index in [4.69, 9.17) is 21.4 Å². The highest BCUT2D eigenvalue weighted by Gasteiger charge is 2.35. The van der Waals surface area contributed by atoms with Crippen LogP contribution in [0.15, 0.2) is 86.8 Å². The van der Waals surface area contributed by atoms with Gasteiger partial charge in [0, 0.05) is 17.0 Å². The highest BCUT2D eigenvalue weighted by Crippen LogP contribution is 2.30. The lowest BCUT2D eigenvalue weighted by atomic mass is 10.1. The highest BCUT2D eigenvalue weighted by molar-refractivity contribution is 8.26. The monoisotopic (exact) mass is 446 g/mol. The summed E-state index contributed by atoms with van der Waals surface area (Å²) < 4.78 is 5.84. The highest BCUT2D eigenvalue weighted by atomic mass is 35.5. The maximum atomic E-state index is 12.6. The molecule has 2 aliphatic rings. The van der Waals surface area contributed by atoms with Crippen LogP contribution in [0.1, 0.15) is 11.3 Å². The van der Waals surface area contributed by atoms with E-state index in [1.807, 2.05) is 48.5 Å². The van der Waals surface area contributed by atoms with Crippen molar-refractivity contribution in [3.63, 3.8) is 0 Å². The SMILES string of the molecule is N=C1C(=Cc2ccc(-c3ccc(Cl)cc3)o2)C(=O)N=C2SC(Cc3ccccc3)=NN12. The van der Waals surface area contributed by atoms with Crippen molar-refractivity contribution in [2.24, 2.45) is 10.1 Å². The molecule has 0 aliphatic carbocycles. The van der Waals surface area contributed by atoms with Crippen LogP contribution in [0.3, 0.4) is 0 Å². The number of hydrazone groups is 1. The maximum absolute atomic E-state index is 12.6. The Morgan fingerprint density at radius 1 is 1.06 bits per heavy atom. The van der Waals surface area contributed by atoms with Gasteiger partial charge in [-0.1, -0.05) is 41.9 Å². The van der Waals surface area contributed by atoms with Crippen LogP contribution in [0.4, 0.5) is 0 Å². The van der Waals surface area contributed by atoms with E-state index in [0.717, 1.165) is 16.2 Å². The smallest absolute Gasteiger partial charge is 0.283 e. The molecular formula is C23H15ClN4O2S. The number of halogens is 1. The van der Waals surface area contributed by atoms with Gasteiger partial charge in [-0.15, -0.1) is 0 Å². The lowest BCUT2D eigenvalue weighted by molar-refractivity contribution is -0.114. The van der Waals surface area contributed by atoms with Gasteiger partial charge in [0.2, 0.25) is 5.17 Å². The minimum atomic E-state index is -0.482. The van der Waals surface area contributed by atoms with Crippen LogP contribution in [-0.2, 0) is 11.2 Å². The average Bonchev–Trinajstić information content (AvgIpc) is 3.39. The molecule has 0 saturated carbocycles. The van der Waals surface area contributed by atoms with Crippen LogP contribution < -0.4 is 0 Å². The lowest BCUT2D eigenvalue weighted by Gasteiger charge is -2.19. The third kappa shape index (κ3) is 3.97. The summed E-state index contributed by atoms with van der Waals surface area (Å²) in [5.41, 5.74) is 2.10. The fourth-order valence-corrected chi connectivity index (χ4v) is 4.26. The molecular weight excluding hydrogens is 432 g/mol. The van der Waals surface area contributed by atoms with Crippen molar-refractivity contribution in [3.8, 4) is 11.3 Å². The molecule has 1 aromatic heterocycles. The quantitative estimate of drug-likeness (QED) is 0.539. The molecule has 0 unspecified atom stereocenters. The number of aliphatic imine (C=N–C) groups is 1. The van der Waals surface area contributed by atoms with Gasteiger partial charge in [0.05, 0.1) is 5.57 Å². The lowest BCUT2D eigenvalue weighted by Crippen LogP contribution is -2.35. The Bertz CT molecular complexity index is 1280. The van der Waals surface area contributed by atoms with E-state index < -0.39 is 5.91 Å². The van der Waals surface area contributed by atoms with Gasteiger partial charge >= 0.3 is 0 Å². The Hall–Kier alpha value is -3.42. The number of thioether (sulfide) groups is 1. The van der Waals surface area contributed by atoms with Gasteiger partial charge in [0.15, 0.2) is 5.84 Å². The van der Waals surface area contributed by atoms with E-state index in [9.17, 15) is 4.79 Å². The predicted molar refractivity (Wildman–Crippen MR) is 124 cm³/mol. The fraction of sp³-hybridized carbons (Fsp3) is 0.0435. The van der Waals surface area contributed by atoms with Crippen molar-refractivity contribution in [2.45, 2.75) is 6.42 Å². The largest absolute Gasteiger partial charge is 0.457 e. The molecule has 5 rings (SSSR count). The van der Waals surface area contributed by atoms with Gasteiger partial charge in [-0.2, -0.15) is 15.1 Å². The minimum Gasteiger partial charge on any atom is -0.457 e. The van der Waals surface area contributed by atoms with Crippen molar-refractivity contribution in [1.29, 1.82) is 5.41 Å². The fourth-order valence-electron chi connectivity index (χ4n) is 3.22.